The van der Waals surface area contributed by atoms with Gasteiger partial charge in [-0.3, -0.25) is 10.2 Å². The van der Waals surface area contributed by atoms with E-state index in [1.54, 1.807) is 6.20 Å². The van der Waals surface area contributed by atoms with Crippen molar-refractivity contribution >= 4 is 10.9 Å². The third kappa shape index (κ3) is 2.96. The number of piperidine rings is 1. The number of fused-ring (bicyclic) bond motifs is 3. The predicted octanol–water partition coefficient (Wildman–Crippen LogP) is 3.07. The van der Waals surface area contributed by atoms with Crippen LogP contribution in [0.2, 0.25) is 0 Å². The number of aromatic nitrogens is 6. The number of hydrogen-bond donors (Lipinski definition) is 3. The second kappa shape index (κ2) is 6.66. The van der Waals surface area contributed by atoms with E-state index in [0.29, 0.717) is 18.0 Å². The van der Waals surface area contributed by atoms with Crippen LogP contribution < -0.4 is 10.1 Å². The van der Waals surface area contributed by atoms with E-state index in [4.69, 9.17) is 4.74 Å². The number of hydrogen-bond acceptors (Lipinski definition) is 6. The third-order valence-corrected chi connectivity index (χ3v) is 6.06. The maximum absolute atomic E-state index is 6.13. The lowest BCUT2D eigenvalue weighted by Gasteiger charge is -2.28. The van der Waals surface area contributed by atoms with Crippen LogP contribution in [-0.2, 0) is 0 Å². The van der Waals surface area contributed by atoms with E-state index in [2.05, 4.69) is 48.0 Å². The van der Waals surface area contributed by atoms with Gasteiger partial charge in [-0.15, -0.1) is 10.2 Å². The van der Waals surface area contributed by atoms with Crippen molar-refractivity contribution in [2.45, 2.75) is 43.9 Å². The van der Waals surface area contributed by atoms with Gasteiger partial charge in [0.2, 0.25) is 5.88 Å². The van der Waals surface area contributed by atoms with Gasteiger partial charge in [0.1, 0.15) is 6.10 Å². The van der Waals surface area contributed by atoms with Crippen LogP contribution in [0.5, 0.6) is 5.88 Å². The van der Waals surface area contributed by atoms with Crippen molar-refractivity contribution in [2.75, 3.05) is 0 Å². The van der Waals surface area contributed by atoms with Crippen LogP contribution in [0.3, 0.4) is 0 Å². The van der Waals surface area contributed by atoms with Crippen molar-refractivity contribution in [3.05, 3.63) is 42.9 Å². The monoisotopic (exact) mass is 387 g/mol. The SMILES string of the molecule is c1n[nH]cc1-c1ccc(-c2ccc(OC3CC4CCC(C3)N4)nn2)c2cn[nH]c12. The van der Waals surface area contributed by atoms with Gasteiger partial charge in [0.25, 0.3) is 0 Å². The molecule has 2 bridgehead atoms. The first kappa shape index (κ1) is 16.7. The van der Waals surface area contributed by atoms with Gasteiger partial charge in [-0.2, -0.15) is 10.2 Å². The molecular weight excluding hydrogens is 366 g/mol. The summed E-state index contributed by atoms with van der Waals surface area (Å²) >= 11 is 0. The summed E-state index contributed by atoms with van der Waals surface area (Å²) < 4.78 is 6.13. The Labute approximate surface area is 167 Å². The van der Waals surface area contributed by atoms with E-state index in [-0.39, 0.29) is 6.10 Å². The van der Waals surface area contributed by atoms with Crippen molar-refractivity contribution in [1.82, 2.24) is 35.9 Å². The Morgan fingerprint density at radius 2 is 1.76 bits per heavy atom. The molecule has 8 nitrogen and oxygen atoms in total. The third-order valence-electron chi connectivity index (χ3n) is 6.06. The highest BCUT2D eigenvalue weighted by Gasteiger charge is 2.34. The average Bonchev–Trinajstić information content (AvgIpc) is 3.49. The van der Waals surface area contributed by atoms with Gasteiger partial charge < -0.3 is 10.1 Å². The molecule has 0 aliphatic carbocycles. The number of nitrogens with one attached hydrogen (secondary N) is 3. The molecule has 2 fully saturated rings. The Morgan fingerprint density at radius 1 is 0.897 bits per heavy atom. The average molecular weight is 387 g/mol. The molecular formula is C21H21N7O. The number of benzene rings is 1. The van der Waals surface area contributed by atoms with E-state index >= 15 is 0 Å². The molecule has 1 aromatic carbocycles. The first-order valence-corrected chi connectivity index (χ1v) is 10.1. The van der Waals surface area contributed by atoms with E-state index in [1.165, 1.54) is 12.8 Å². The van der Waals surface area contributed by atoms with Gasteiger partial charge >= 0.3 is 0 Å². The maximum atomic E-state index is 6.13. The van der Waals surface area contributed by atoms with Crippen LogP contribution in [0, 0.1) is 0 Å². The van der Waals surface area contributed by atoms with Crippen molar-refractivity contribution in [1.29, 1.82) is 0 Å². The summed E-state index contributed by atoms with van der Waals surface area (Å²) in [7, 11) is 0. The Bertz CT molecular complexity index is 1120. The van der Waals surface area contributed by atoms with Crippen molar-refractivity contribution in [3.63, 3.8) is 0 Å². The lowest BCUT2D eigenvalue weighted by atomic mass is 10.0. The van der Waals surface area contributed by atoms with Gasteiger partial charge in [0.15, 0.2) is 0 Å². The Balaban J connectivity index is 1.27. The molecule has 2 aliphatic rings. The molecule has 2 unspecified atom stereocenters. The van der Waals surface area contributed by atoms with Gasteiger partial charge in [0, 0.05) is 46.4 Å². The Hall–Kier alpha value is -3.26. The lowest BCUT2D eigenvalue weighted by Crippen LogP contribution is -2.42. The summed E-state index contributed by atoms with van der Waals surface area (Å²) in [6, 6.07) is 9.18. The Morgan fingerprint density at radius 3 is 2.52 bits per heavy atom. The number of nitrogens with zero attached hydrogens (tertiary/aromatic N) is 4. The first-order valence-electron chi connectivity index (χ1n) is 10.1. The molecule has 2 aliphatic heterocycles. The molecule has 4 aromatic rings. The number of aromatic amines is 2. The molecule has 0 saturated carbocycles. The topological polar surface area (TPSA) is 104 Å². The van der Waals surface area contributed by atoms with Gasteiger partial charge in [-0.25, -0.2) is 0 Å². The zero-order chi connectivity index (χ0) is 19.2. The molecule has 3 aromatic heterocycles. The highest BCUT2D eigenvalue weighted by molar-refractivity contribution is 6.01. The van der Waals surface area contributed by atoms with Crippen LogP contribution in [0.4, 0.5) is 0 Å². The van der Waals surface area contributed by atoms with Gasteiger partial charge in [-0.05, 0) is 31.7 Å². The number of H-pyrrole nitrogens is 2. The minimum atomic E-state index is 0.226. The van der Waals surface area contributed by atoms with Crippen molar-refractivity contribution in [3.8, 4) is 28.3 Å². The van der Waals surface area contributed by atoms with Crippen LogP contribution >= 0.6 is 0 Å². The van der Waals surface area contributed by atoms with E-state index in [1.807, 2.05) is 24.5 Å². The number of ether oxygens (including phenoxy) is 1. The molecule has 5 heterocycles. The van der Waals surface area contributed by atoms with Crippen molar-refractivity contribution < 1.29 is 4.74 Å². The molecule has 2 atom stereocenters. The summed E-state index contributed by atoms with van der Waals surface area (Å²) in [6.45, 7) is 0. The molecule has 0 radical (unpaired) electrons. The molecule has 2 saturated heterocycles. The summed E-state index contributed by atoms with van der Waals surface area (Å²) in [6.07, 6.45) is 10.3. The fourth-order valence-corrected chi connectivity index (χ4v) is 4.70. The maximum Gasteiger partial charge on any atom is 0.233 e. The lowest BCUT2D eigenvalue weighted by molar-refractivity contribution is 0.130. The van der Waals surface area contributed by atoms with Crippen molar-refractivity contribution in [2.24, 2.45) is 0 Å². The highest BCUT2D eigenvalue weighted by Crippen LogP contribution is 2.34. The van der Waals surface area contributed by atoms with Gasteiger partial charge in [-0.1, -0.05) is 12.1 Å². The standard InChI is InChI=1S/C21H21N7O/c1-2-14-8-15(7-13(1)25-14)29-20-6-5-19(26-27-20)17-4-3-16(12-9-22-23-10-12)21-18(17)11-24-28-21/h3-6,9-11,13-15,25H,1-2,7-8H2,(H,22,23)(H,24,28). The van der Waals surface area contributed by atoms with Crippen LogP contribution in [0.15, 0.2) is 42.9 Å². The molecule has 0 amide bonds. The normalized spacial score (nSPS) is 23.5. The van der Waals surface area contributed by atoms with E-state index in [9.17, 15) is 0 Å². The molecule has 8 heteroatoms. The summed E-state index contributed by atoms with van der Waals surface area (Å²) in [4.78, 5) is 0. The Kier molecular flexibility index (Phi) is 3.83. The highest BCUT2D eigenvalue weighted by atomic mass is 16.5. The fraction of sp³-hybridized carbons (Fsp3) is 0.333. The minimum Gasteiger partial charge on any atom is -0.473 e. The van der Waals surface area contributed by atoms with Gasteiger partial charge in [0.05, 0.1) is 23.6 Å². The first-order chi connectivity index (χ1) is 14.3. The molecule has 6 rings (SSSR count). The number of rotatable bonds is 4. The summed E-state index contributed by atoms with van der Waals surface area (Å²) in [5.74, 6) is 0.596. The summed E-state index contributed by atoms with van der Waals surface area (Å²) in [5.41, 5.74) is 4.80. The second-order valence-electron chi connectivity index (χ2n) is 7.91. The van der Waals surface area contributed by atoms with Crippen LogP contribution in [-0.4, -0.2) is 48.8 Å². The zero-order valence-corrected chi connectivity index (χ0v) is 15.8. The fourth-order valence-electron chi connectivity index (χ4n) is 4.70. The largest absolute Gasteiger partial charge is 0.473 e. The second-order valence-corrected chi connectivity index (χ2v) is 7.91. The van der Waals surface area contributed by atoms with E-state index < -0.39 is 0 Å². The summed E-state index contributed by atoms with van der Waals surface area (Å²) in [5, 5.41) is 27.7. The molecule has 0 spiro atoms. The predicted molar refractivity (Wildman–Crippen MR) is 108 cm³/mol. The van der Waals surface area contributed by atoms with E-state index in [0.717, 1.165) is 46.1 Å². The minimum absolute atomic E-state index is 0.226. The molecule has 29 heavy (non-hydrogen) atoms. The van der Waals surface area contributed by atoms with Crippen LogP contribution in [0.1, 0.15) is 25.7 Å². The molecule has 146 valence electrons. The smallest absolute Gasteiger partial charge is 0.233 e. The van der Waals surface area contributed by atoms with Crippen LogP contribution in [0.25, 0.3) is 33.3 Å². The molecule has 3 N–H and O–H groups in total. The quantitative estimate of drug-likeness (QED) is 0.497. The zero-order valence-electron chi connectivity index (χ0n) is 15.8.